The van der Waals surface area contributed by atoms with Gasteiger partial charge >= 0.3 is 0 Å². The van der Waals surface area contributed by atoms with Crippen molar-refractivity contribution in [2.24, 2.45) is 10.9 Å². The molecule has 0 saturated carbocycles. The maximum absolute atomic E-state index is 11.5. The van der Waals surface area contributed by atoms with Gasteiger partial charge in [-0.05, 0) is 40.0 Å². The number of sulfone groups is 1. The van der Waals surface area contributed by atoms with E-state index < -0.39 is 9.84 Å². The molecule has 2 rings (SSSR count). The van der Waals surface area contributed by atoms with Crippen LogP contribution in [0.1, 0.15) is 37.3 Å². The predicted octanol–water partition coefficient (Wildman–Crippen LogP) is 1.17. The molecule has 23 heavy (non-hydrogen) atoms. The molecule has 1 unspecified atom stereocenters. The SMILES string of the molecule is Cc1noc(C)c1CN=C(NCC1CCS(=O)(=O)C1)NC(C)C. The molecule has 8 heteroatoms. The van der Waals surface area contributed by atoms with Crippen molar-refractivity contribution in [1.29, 1.82) is 0 Å². The lowest BCUT2D eigenvalue weighted by Crippen LogP contribution is -2.43. The molecule has 7 nitrogen and oxygen atoms in total. The van der Waals surface area contributed by atoms with E-state index in [1.807, 2.05) is 27.7 Å². The van der Waals surface area contributed by atoms with Gasteiger partial charge in [0.2, 0.25) is 0 Å². The summed E-state index contributed by atoms with van der Waals surface area (Å²) in [6, 6.07) is 0.234. The number of guanidine groups is 1. The van der Waals surface area contributed by atoms with Crippen molar-refractivity contribution in [1.82, 2.24) is 15.8 Å². The van der Waals surface area contributed by atoms with E-state index in [4.69, 9.17) is 4.52 Å². The van der Waals surface area contributed by atoms with Gasteiger partial charge in [0.15, 0.2) is 15.8 Å². The number of hydrogen-bond acceptors (Lipinski definition) is 5. The van der Waals surface area contributed by atoms with Crippen molar-refractivity contribution < 1.29 is 12.9 Å². The number of rotatable bonds is 5. The lowest BCUT2D eigenvalue weighted by atomic mass is 10.1. The van der Waals surface area contributed by atoms with Crippen LogP contribution in [-0.4, -0.2) is 43.6 Å². The van der Waals surface area contributed by atoms with Crippen LogP contribution in [0.3, 0.4) is 0 Å². The molecule has 0 aliphatic carbocycles. The Kier molecular flexibility index (Phi) is 5.67. The number of hydrogen-bond donors (Lipinski definition) is 2. The molecule has 1 fully saturated rings. The molecule has 1 atom stereocenters. The molecule has 2 heterocycles. The average molecular weight is 342 g/mol. The second-order valence-corrected chi connectivity index (χ2v) is 8.65. The summed E-state index contributed by atoms with van der Waals surface area (Å²) in [4.78, 5) is 4.57. The largest absolute Gasteiger partial charge is 0.361 e. The summed E-state index contributed by atoms with van der Waals surface area (Å²) in [5.41, 5.74) is 1.83. The number of nitrogens with zero attached hydrogens (tertiary/aromatic N) is 2. The maximum atomic E-state index is 11.5. The molecule has 0 radical (unpaired) electrons. The summed E-state index contributed by atoms with van der Waals surface area (Å²) < 4.78 is 28.2. The number of aliphatic imine (C=N–C) groups is 1. The number of aromatic nitrogens is 1. The number of nitrogens with one attached hydrogen (secondary N) is 2. The minimum absolute atomic E-state index is 0.151. The molecule has 1 aromatic heterocycles. The highest BCUT2D eigenvalue weighted by atomic mass is 32.2. The second-order valence-electron chi connectivity index (χ2n) is 6.42. The van der Waals surface area contributed by atoms with Gasteiger partial charge in [0.1, 0.15) is 5.76 Å². The van der Waals surface area contributed by atoms with Gasteiger partial charge in [-0.15, -0.1) is 0 Å². The standard InChI is InChI=1S/C15H26N4O3S/c1-10(2)18-15(16-7-13-5-6-23(20,21)9-13)17-8-14-11(3)19-22-12(14)4/h10,13H,5-9H2,1-4H3,(H2,16,17,18). The number of aryl methyl sites for hydroxylation is 2. The maximum Gasteiger partial charge on any atom is 0.191 e. The Morgan fingerprint density at radius 1 is 1.43 bits per heavy atom. The molecule has 130 valence electrons. The molecule has 0 aromatic carbocycles. The van der Waals surface area contributed by atoms with E-state index >= 15 is 0 Å². The topological polar surface area (TPSA) is 96.6 Å². The van der Waals surface area contributed by atoms with Crippen LogP contribution >= 0.6 is 0 Å². The highest BCUT2D eigenvalue weighted by molar-refractivity contribution is 7.91. The fourth-order valence-electron chi connectivity index (χ4n) is 2.59. The van der Waals surface area contributed by atoms with Crippen molar-refractivity contribution in [3.05, 3.63) is 17.0 Å². The normalized spacial score (nSPS) is 20.9. The van der Waals surface area contributed by atoms with Gasteiger partial charge in [-0.1, -0.05) is 5.16 Å². The summed E-state index contributed by atoms with van der Waals surface area (Å²) in [6.45, 7) is 8.93. The second kappa shape index (κ2) is 7.33. The van der Waals surface area contributed by atoms with Gasteiger partial charge in [-0.3, -0.25) is 0 Å². The molecule has 0 bridgehead atoms. The zero-order valence-electron chi connectivity index (χ0n) is 14.2. The third kappa shape index (κ3) is 5.23. The fraction of sp³-hybridized carbons (Fsp3) is 0.733. The highest BCUT2D eigenvalue weighted by Crippen LogP contribution is 2.17. The Labute approximate surface area is 137 Å². The van der Waals surface area contributed by atoms with E-state index in [2.05, 4.69) is 20.8 Å². The van der Waals surface area contributed by atoms with E-state index in [9.17, 15) is 8.42 Å². The molecule has 0 amide bonds. The van der Waals surface area contributed by atoms with Crippen LogP contribution < -0.4 is 10.6 Å². The van der Waals surface area contributed by atoms with Crippen LogP contribution in [0.4, 0.5) is 0 Å². The molecule has 1 aliphatic rings. The first-order chi connectivity index (χ1) is 10.8. The molecule has 1 aliphatic heterocycles. The first kappa shape index (κ1) is 17.8. The van der Waals surface area contributed by atoms with Gasteiger partial charge < -0.3 is 15.2 Å². The van der Waals surface area contributed by atoms with Crippen LogP contribution in [0.2, 0.25) is 0 Å². The zero-order valence-corrected chi connectivity index (χ0v) is 15.0. The smallest absolute Gasteiger partial charge is 0.191 e. The van der Waals surface area contributed by atoms with E-state index in [-0.39, 0.29) is 17.7 Å². The van der Waals surface area contributed by atoms with Gasteiger partial charge in [0.05, 0.1) is 23.7 Å². The fourth-order valence-corrected chi connectivity index (χ4v) is 4.45. The third-order valence-corrected chi connectivity index (χ3v) is 5.72. The van der Waals surface area contributed by atoms with Crippen molar-refractivity contribution >= 4 is 15.8 Å². The quantitative estimate of drug-likeness (QED) is 0.616. The minimum Gasteiger partial charge on any atom is -0.361 e. The Morgan fingerprint density at radius 2 is 2.17 bits per heavy atom. The molecular formula is C15H26N4O3S. The van der Waals surface area contributed by atoms with E-state index in [0.29, 0.717) is 31.2 Å². The monoisotopic (exact) mass is 342 g/mol. The lowest BCUT2D eigenvalue weighted by Gasteiger charge is -2.17. The molecule has 0 spiro atoms. The molecule has 1 aromatic rings. The van der Waals surface area contributed by atoms with Crippen LogP contribution in [0.15, 0.2) is 9.52 Å². The van der Waals surface area contributed by atoms with Crippen LogP contribution in [0.25, 0.3) is 0 Å². The van der Waals surface area contributed by atoms with Crippen LogP contribution in [0.5, 0.6) is 0 Å². The summed E-state index contributed by atoms with van der Waals surface area (Å²) >= 11 is 0. The van der Waals surface area contributed by atoms with Crippen molar-refractivity contribution in [2.45, 2.75) is 46.7 Å². The first-order valence-electron chi connectivity index (χ1n) is 7.94. The molecular weight excluding hydrogens is 316 g/mol. The first-order valence-corrected chi connectivity index (χ1v) is 9.76. The molecule has 1 saturated heterocycles. The van der Waals surface area contributed by atoms with Gasteiger partial charge in [-0.25, -0.2) is 13.4 Å². The van der Waals surface area contributed by atoms with Gasteiger partial charge in [0.25, 0.3) is 0 Å². The van der Waals surface area contributed by atoms with Gasteiger partial charge in [-0.2, -0.15) is 0 Å². The average Bonchev–Trinajstić information content (AvgIpc) is 2.96. The predicted molar refractivity (Wildman–Crippen MR) is 90.2 cm³/mol. The van der Waals surface area contributed by atoms with Crippen molar-refractivity contribution in [3.8, 4) is 0 Å². The van der Waals surface area contributed by atoms with Crippen LogP contribution in [0, 0.1) is 19.8 Å². The molecule has 2 N–H and O–H groups in total. The zero-order chi connectivity index (χ0) is 17.0. The van der Waals surface area contributed by atoms with Crippen molar-refractivity contribution in [3.63, 3.8) is 0 Å². The van der Waals surface area contributed by atoms with E-state index in [0.717, 1.165) is 17.0 Å². The minimum atomic E-state index is -2.85. The van der Waals surface area contributed by atoms with Crippen molar-refractivity contribution in [2.75, 3.05) is 18.1 Å². The Hall–Kier alpha value is -1.57. The highest BCUT2D eigenvalue weighted by Gasteiger charge is 2.27. The Morgan fingerprint density at radius 3 is 2.70 bits per heavy atom. The lowest BCUT2D eigenvalue weighted by molar-refractivity contribution is 0.392. The third-order valence-electron chi connectivity index (χ3n) is 3.89. The van der Waals surface area contributed by atoms with E-state index in [1.54, 1.807) is 0 Å². The van der Waals surface area contributed by atoms with Gasteiger partial charge in [0, 0.05) is 18.2 Å². The summed E-state index contributed by atoms with van der Waals surface area (Å²) in [6.07, 6.45) is 0.716. The Balaban J connectivity index is 1.98. The summed E-state index contributed by atoms with van der Waals surface area (Å²) in [7, 11) is -2.85. The Bertz CT molecular complexity index is 645. The summed E-state index contributed by atoms with van der Waals surface area (Å²) in [5.74, 6) is 2.17. The summed E-state index contributed by atoms with van der Waals surface area (Å²) in [5, 5.41) is 10.4. The van der Waals surface area contributed by atoms with E-state index in [1.165, 1.54) is 0 Å². The van der Waals surface area contributed by atoms with Crippen LogP contribution in [-0.2, 0) is 16.4 Å².